The standard InChI is InChI=1S/C11H9BrOS/c1-2-7-5-10(12)9(6-13)8-3-4-14-11(7)8/h3-6H,2H2,1H3. The predicted molar refractivity (Wildman–Crippen MR) is 64.3 cm³/mol. The van der Waals surface area contributed by atoms with E-state index in [0.29, 0.717) is 0 Å². The summed E-state index contributed by atoms with van der Waals surface area (Å²) in [4.78, 5) is 10.9. The molecule has 0 aliphatic rings. The number of aryl methyl sites for hydroxylation is 1. The number of rotatable bonds is 2. The zero-order valence-corrected chi connectivity index (χ0v) is 10.1. The molecule has 14 heavy (non-hydrogen) atoms. The van der Waals surface area contributed by atoms with Crippen molar-refractivity contribution in [3.8, 4) is 0 Å². The Morgan fingerprint density at radius 1 is 1.57 bits per heavy atom. The topological polar surface area (TPSA) is 17.1 Å². The van der Waals surface area contributed by atoms with Crippen molar-refractivity contribution in [1.29, 1.82) is 0 Å². The first-order valence-electron chi connectivity index (χ1n) is 4.41. The molecule has 0 fully saturated rings. The Balaban J connectivity index is 2.88. The van der Waals surface area contributed by atoms with Crippen LogP contribution < -0.4 is 0 Å². The van der Waals surface area contributed by atoms with Crippen LogP contribution in [0, 0.1) is 0 Å². The van der Waals surface area contributed by atoms with Gasteiger partial charge in [-0.25, -0.2) is 0 Å². The molecule has 1 nitrogen and oxygen atoms in total. The van der Waals surface area contributed by atoms with Gasteiger partial charge in [0, 0.05) is 20.1 Å². The molecule has 0 atom stereocenters. The fourth-order valence-corrected chi connectivity index (χ4v) is 3.16. The van der Waals surface area contributed by atoms with Crippen molar-refractivity contribution in [3.63, 3.8) is 0 Å². The molecule has 0 aliphatic heterocycles. The minimum atomic E-state index is 0.762. The Hall–Kier alpha value is -0.670. The number of aldehydes is 1. The first kappa shape index (κ1) is 9.87. The van der Waals surface area contributed by atoms with E-state index in [9.17, 15) is 4.79 Å². The molecule has 3 heteroatoms. The van der Waals surface area contributed by atoms with Gasteiger partial charge in [0.1, 0.15) is 0 Å². The molecule has 0 saturated carbocycles. The van der Waals surface area contributed by atoms with Gasteiger partial charge in [-0.1, -0.05) is 22.9 Å². The first-order chi connectivity index (χ1) is 6.77. The van der Waals surface area contributed by atoms with E-state index in [-0.39, 0.29) is 0 Å². The van der Waals surface area contributed by atoms with Crippen molar-refractivity contribution in [2.45, 2.75) is 13.3 Å². The van der Waals surface area contributed by atoms with Crippen LogP contribution in [-0.2, 0) is 6.42 Å². The Labute approximate surface area is 94.9 Å². The maximum absolute atomic E-state index is 10.9. The second-order valence-corrected chi connectivity index (χ2v) is 4.84. The van der Waals surface area contributed by atoms with Crippen molar-refractivity contribution >= 4 is 43.6 Å². The first-order valence-corrected chi connectivity index (χ1v) is 6.09. The predicted octanol–water partition coefficient (Wildman–Crippen LogP) is 4.04. The minimum absolute atomic E-state index is 0.762. The number of carbonyl (C=O) groups excluding carboxylic acids is 1. The number of fused-ring (bicyclic) bond motifs is 1. The minimum Gasteiger partial charge on any atom is -0.298 e. The second kappa shape index (κ2) is 3.83. The van der Waals surface area contributed by atoms with Crippen molar-refractivity contribution in [2.75, 3.05) is 0 Å². The third-order valence-electron chi connectivity index (χ3n) is 2.30. The summed E-state index contributed by atoms with van der Waals surface area (Å²) in [6, 6.07) is 4.05. The molecule has 1 aromatic heterocycles. The number of hydrogen-bond donors (Lipinski definition) is 0. The normalized spacial score (nSPS) is 10.7. The summed E-state index contributed by atoms with van der Waals surface area (Å²) in [5, 5.41) is 3.10. The van der Waals surface area contributed by atoms with Crippen LogP contribution in [0.4, 0.5) is 0 Å². The van der Waals surface area contributed by atoms with Crippen molar-refractivity contribution in [3.05, 3.63) is 33.1 Å². The molecule has 72 valence electrons. The average Bonchev–Trinajstić information content (AvgIpc) is 2.65. The Morgan fingerprint density at radius 2 is 2.36 bits per heavy atom. The number of halogens is 1. The van der Waals surface area contributed by atoms with Crippen molar-refractivity contribution < 1.29 is 4.79 Å². The Morgan fingerprint density at radius 3 is 3.00 bits per heavy atom. The third kappa shape index (κ3) is 1.41. The lowest BCUT2D eigenvalue weighted by Gasteiger charge is -2.04. The molecule has 1 heterocycles. The lowest BCUT2D eigenvalue weighted by molar-refractivity contribution is 0.112. The molecule has 0 unspecified atom stereocenters. The molecule has 0 bridgehead atoms. The molecule has 0 aliphatic carbocycles. The van der Waals surface area contributed by atoms with Crippen molar-refractivity contribution in [2.24, 2.45) is 0 Å². The van der Waals surface area contributed by atoms with E-state index in [0.717, 1.165) is 28.1 Å². The van der Waals surface area contributed by atoms with Gasteiger partial charge in [0.05, 0.1) is 0 Å². The highest BCUT2D eigenvalue weighted by atomic mass is 79.9. The molecule has 0 spiro atoms. The van der Waals surface area contributed by atoms with Crippen LogP contribution in [0.5, 0.6) is 0 Å². The highest BCUT2D eigenvalue weighted by Crippen LogP contribution is 2.32. The quantitative estimate of drug-likeness (QED) is 0.752. The fourth-order valence-electron chi connectivity index (χ4n) is 1.58. The molecular weight excluding hydrogens is 260 g/mol. The third-order valence-corrected chi connectivity index (χ3v) is 3.95. The number of thiophene rings is 1. The summed E-state index contributed by atoms with van der Waals surface area (Å²) in [6.07, 6.45) is 1.91. The summed E-state index contributed by atoms with van der Waals surface area (Å²) < 4.78 is 2.13. The zero-order valence-electron chi connectivity index (χ0n) is 7.71. The molecular formula is C11H9BrOS. The molecule has 0 radical (unpaired) electrons. The fraction of sp³-hybridized carbons (Fsp3) is 0.182. The van der Waals surface area contributed by atoms with Gasteiger partial charge in [0.15, 0.2) is 6.29 Å². The molecule has 1 aromatic carbocycles. The van der Waals surface area contributed by atoms with Crippen LogP contribution in [0.2, 0.25) is 0 Å². The largest absolute Gasteiger partial charge is 0.298 e. The SMILES string of the molecule is CCc1cc(Br)c(C=O)c2ccsc12. The monoisotopic (exact) mass is 268 g/mol. The smallest absolute Gasteiger partial charge is 0.151 e. The van der Waals surface area contributed by atoms with E-state index in [4.69, 9.17) is 0 Å². The molecule has 0 amide bonds. The van der Waals surface area contributed by atoms with Crippen LogP contribution in [0.15, 0.2) is 22.0 Å². The van der Waals surface area contributed by atoms with Gasteiger partial charge in [0.25, 0.3) is 0 Å². The van der Waals surface area contributed by atoms with E-state index in [1.807, 2.05) is 17.5 Å². The van der Waals surface area contributed by atoms with Crippen LogP contribution in [0.1, 0.15) is 22.8 Å². The van der Waals surface area contributed by atoms with Gasteiger partial charge in [-0.3, -0.25) is 4.79 Å². The summed E-state index contributed by atoms with van der Waals surface area (Å²) in [5.41, 5.74) is 2.06. The summed E-state index contributed by atoms with van der Waals surface area (Å²) >= 11 is 5.12. The van der Waals surface area contributed by atoms with Gasteiger partial charge < -0.3 is 0 Å². The summed E-state index contributed by atoms with van der Waals surface area (Å²) in [5.74, 6) is 0. The summed E-state index contributed by atoms with van der Waals surface area (Å²) in [7, 11) is 0. The van der Waals surface area contributed by atoms with Gasteiger partial charge in [0.2, 0.25) is 0 Å². The van der Waals surface area contributed by atoms with Gasteiger partial charge in [-0.2, -0.15) is 0 Å². The van der Waals surface area contributed by atoms with E-state index in [2.05, 4.69) is 22.9 Å². The lowest BCUT2D eigenvalue weighted by Crippen LogP contribution is -1.88. The Bertz CT molecular complexity index is 487. The van der Waals surface area contributed by atoms with Crippen LogP contribution in [-0.4, -0.2) is 6.29 Å². The maximum Gasteiger partial charge on any atom is 0.151 e. The number of carbonyl (C=O) groups is 1. The Kier molecular flexibility index (Phi) is 2.70. The van der Waals surface area contributed by atoms with Gasteiger partial charge in [-0.15, -0.1) is 11.3 Å². The molecule has 2 rings (SSSR count). The van der Waals surface area contributed by atoms with Crippen molar-refractivity contribution in [1.82, 2.24) is 0 Å². The lowest BCUT2D eigenvalue weighted by atomic mass is 10.1. The van der Waals surface area contributed by atoms with E-state index < -0.39 is 0 Å². The van der Waals surface area contributed by atoms with Crippen LogP contribution >= 0.6 is 27.3 Å². The van der Waals surface area contributed by atoms with E-state index >= 15 is 0 Å². The van der Waals surface area contributed by atoms with E-state index in [1.165, 1.54) is 10.3 Å². The highest BCUT2D eigenvalue weighted by Gasteiger charge is 2.09. The molecule has 0 N–H and O–H groups in total. The maximum atomic E-state index is 10.9. The average molecular weight is 269 g/mol. The van der Waals surface area contributed by atoms with Crippen LogP contribution in [0.3, 0.4) is 0 Å². The zero-order chi connectivity index (χ0) is 10.1. The summed E-state index contributed by atoms with van der Waals surface area (Å²) in [6.45, 7) is 2.13. The van der Waals surface area contributed by atoms with Gasteiger partial charge in [-0.05, 0) is 29.5 Å². The van der Waals surface area contributed by atoms with E-state index in [1.54, 1.807) is 11.3 Å². The van der Waals surface area contributed by atoms with Crippen LogP contribution in [0.25, 0.3) is 10.1 Å². The molecule has 2 aromatic rings. The van der Waals surface area contributed by atoms with Gasteiger partial charge >= 0.3 is 0 Å². The molecule has 0 saturated heterocycles. The number of benzene rings is 1. The second-order valence-electron chi connectivity index (χ2n) is 3.07. The highest BCUT2D eigenvalue weighted by molar-refractivity contribution is 9.10. The number of hydrogen-bond acceptors (Lipinski definition) is 2.